The molecule has 0 heterocycles. The van der Waals surface area contributed by atoms with Gasteiger partial charge in [0.1, 0.15) is 5.75 Å². The van der Waals surface area contributed by atoms with Gasteiger partial charge in [0.25, 0.3) is 0 Å². The molecule has 26 heavy (non-hydrogen) atoms. The van der Waals surface area contributed by atoms with Crippen molar-refractivity contribution in [1.82, 2.24) is 5.32 Å². The number of benzene rings is 2. The Bertz CT molecular complexity index is 714. The van der Waals surface area contributed by atoms with Gasteiger partial charge in [-0.05, 0) is 37.5 Å². The molecule has 4 nitrogen and oxygen atoms in total. The Morgan fingerprint density at radius 1 is 1.19 bits per heavy atom. The minimum atomic E-state index is -0.833. The second-order valence-corrected chi connectivity index (χ2v) is 6.68. The zero-order valence-electron chi connectivity index (χ0n) is 15.9. The highest BCUT2D eigenvalue weighted by atomic mass is 35.5. The van der Waals surface area contributed by atoms with E-state index in [4.69, 9.17) is 10.5 Å². The predicted molar refractivity (Wildman–Crippen MR) is 110 cm³/mol. The molecule has 1 amide bonds. The number of carbonyl (C=O) groups is 1. The summed E-state index contributed by atoms with van der Waals surface area (Å²) in [5.41, 5.74) is 8.44. The molecule has 0 saturated carbocycles. The van der Waals surface area contributed by atoms with Crippen LogP contribution in [-0.4, -0.2) is 18.6 Å². The molecule has 0 radical (unpaired) electrons. The van der Waals surface area contributed by atoms with Gasteiger partial charge < -0.3 is 15.8 Å². The highest BCUT2D eigenvalue weighted by Crippen LogP contribution is 2.30. The number of hydrogen-bond donors (Lipinski definition) is 2. The van der Waals surface area contributed by atoms with Crippen LogP contribution >= 0.6 is 12.4 Å². The van der Waals surface area contributed by atoms with E-state index in [9.17, 15) is 4.79 Å². The van der Waals surface area contributed by atoms with E-state index < -0.39 is 5.54 Å². The van der Waals surface area contributed by atoms with E-state index >= 15 is 0 Å². The van der Waals surface area contributed by atoms with Crippen molar-refractivity contribution in [1.29, 1.82) is 0 Å². The van der Waals surface area contributed by atoms with Gasteiger partial charge >= 0.3 is 0 Å². The topological polar surface area (TPSA) is 64.4 Å². The maximum Gasteiger partial charge on any atom is 0.240 e. The third-order valence-corrected chi connectivity index (χ3v) is 4.46. The number of halogens is 1. The third-order valence-electron chi connectivity index (χ3n) is 4.46. The largest absolute Gasteiger partial charge is 0.496 e. The fourth-order valence-corrected chi connectivity index (χ4v) is 2.91. The lowest BCUT2D eigenvalue weighted by atomic mass is 9.95. The number of hydrogen-bond acceptors (Lipinski definition) is 3. The van der Waals surface area contributed by atoms with E-state index in [-0.39, 0.29) is 24.4 Å². The van der Waals surface area contributed by atoms with Crippen LogP contribution in [0, 0.1) is 0 Å². The first-order chi connectivity index (χ1) is 11.9. The molecule has 3 N–H and O–H groups in total. The van der Waals surface area contributed by atoms with Crippen molar-refractivity contribution in [3.05, 3.63) is 54.1 Å². The minimum absolute atomic E-state index is 0. The lowest BCUT2D eigenvalue weighted by Gasteiger charge is -2.25. The van der Waals surface area contributed by atoms with Gasteiger partial charge in [0.2, 0.25) is 5.91 Å². The number of ether oxygens (including phenoxy) is 1. The Morgan fingerprint density at radius 2 is 1.81 bits per heavy atom. The number of carbonyl (C=O) groups excluding carboxylic acids is 1. The first-order valence-corrected chi connectivity index (χ1v) is 8.72. The van der Waals surface area contributed by atoms with Gasteiger partial charge in [-0.15, -0.1) is 12.4 Å². The molecule has 2 unspecified atom stereocenters. The summed E-state index contributed by atoms with van der Waals surface area (Å²) < 4.78 is 5.42. The summed E-state index contributed by atoms with van der Waals surface area (Å²) in [5, 5.41) is 3.01. The quantitative estimate of drug-likeness (QED) is 0.748. The standard InChI is InChI=1S/C21H28N2O2.ClH/c1-5-14-21(3,22)20(24)23-15(2)16-10-12-17(13-11-16)18-8-6-7-9-19(18)25-4;/h6-13,15H,5,14,22H2,1-4H3,(H,23,24);1H. The Kier molecular flexibility index (Phi) is 8.12. The second-order valence-electron chi connectivity index (χ2n) is 6.68. The molecular weight excluding hydrogens is 348 g/mol. The van der Waals surface area contributed by atoms with Crippen LogP contribution in [0.4, 0.5) is 0 Å². The highest BCUT2D eigenvalue weighted by Gasteiger charge is 2.28. The van der Waals surface area contributed by atoms with E-state index in [1.807, 2.05) is 62.4 Å². The van der Waals surface area contributed by atoms with Crippen molar-refractivity contribution in [2.75, 3.05) is 7.11 Å². The first-order valence-electron chi connectivity index (χ1n) is 8.72. The van der Waals surface area contributed by atoms with E-state index in [1.165, 1.54) is 0 Å². The van der Waals surface area contributed by atoms with E-state index in [0.717, 1.165) is 28.9 Å². The van der Waals surface area contributed by atoms with Gasteiger partial charge in [-0.1, -0.05) is 55.8 Å². The van der Waals surface area contributed by atoms with E-state index in [1.54, 1.807) is 14.0 Å². The molecule has 2 rings (SSSR count). The van der Waals surface area contributed by atoms with Crippen LogP contribution in [0.1, 0.15) is 45.2 Å². The zero-order chi connectivity index (χ0) is 18.4. The molecule has 0 aliphatic heterocycles. The lowest BCUT2D eigenvalue weighted by Crippen LogP contribution is -2.52. The summed E-state index contributed by atoms with van der Waals surface area (Å²) in [7, 11) is 1.67. The van der Waals surface area contributed by atoms with Crippen molar-refractivity contribution in [2.45, 2.75) is 45.2 Å². The molecule has 0 spiro atoms. The summed E-state index contributed by atoms with van der Waals surface area (Å²) >= 11 is 0. The van der Waals surface area contributed by atoms with Crippen molar-refractivity contribution < 1.29 is 9.53 Å². The molecule has 0 fully saturated rings. The van der Waals surface area contributed by atoms with Gasteiger partial charge in [-0.25, -0.2) is 0 Å². The van der Waals surface area contributed by atoms with Gasteiger partial charge in [-0.2, -0.15) is 0 Å². The summed E-state index contributed by atoms with van der Waals surface area (Å²) in [5.74, 6) is 0.728. The van der Waals surface area contributed by atoms with Crippen molar-refractivity contribution in [3.63, 3.8) is 0 Å². The predicted octanol–water partition coefficient (Wildman–Crippen LogP) is 4.48. The minimum Gasteiger partial charge on any atom is -0.496 e. The van der Waals surface area contributed by atoms with Crippen LogP contribution < -0.4 is 15.8 Å². The molecular formula is C21H29ClN2O2. The van der Waals surface area contributed by atoms with Crippen LogP contribution in [-0.2, 0) is 4.79 Å². The Morgan fingerprint density at radius 3 is 2.38 bits per heavy atom. The van der Waals surface area contributed by atoms with Gasteiger partial charge in [0.15, 0.2) is 0 Å². The fraction of sp³-hybridized carbons (Fsp3) is 0.381. The average Bonchev–Trinajstić information content (AvgIpc) is 2.61. The molecule has 2 atom stereocenters. The second kappa shape index (κ2) is 9.60. The smallest absolute Gasteiger partial charge is 0.240 e. The summed E-state index contributed by atoms with van der Waals surface area (Å²) in [6, 6.07) is 16.0. The molecule has 0 aromatic heterocycles. The van der Waals surface area contributed by atoms with Crippen LogP contribution in [0.3, 0.4) is 0 Å². The first kappa shape index (κ1) is 22.0. The van der Waals surface area contributed by atoms with Crippen LogP contribution in [0.5, 0.6) is 5.75 Å². The summed E-state index contributed by atoms with van der Waals surface area (Å²) in [6.45, 7) is 5.78. The van der Waals surface area contributed by atoms with Crippen molar-refractivity contribution in [2.24, 2.45) is 5.73 Å². The van der Waals surface area contributed by atoms with Crippen molar-refractivity contribution >= 4 is 18.3 Å². The normalized spacial score (nSPS) is 13.9. The van der Waals surface area contributed by atoms with Crippen molar-refractivity contribution in [3.8, 4) is 16.9 Å². The molecule has 0 bridgehead atoms. The number of methoxy groups -OCH3 is 1. The number of amides is 1. The van der Waals surface area contributed by atoms with Crippen LogP contribution in [0.15, 0.2) is 48.5 Å². The van der Waals surface area contributed by atoms with Crippen LogP contribution in [0.25, 0.3) is 11.1 Å². The van der Waals surface area contributed by atoms with E-state index in [2.05, 4.69) is 5.32 Å². The monoisotopic (exact) mass is 376 g/mol. The number of rotatable bonds is 7. The van der Waals surface area contributed by atoms with Gasteiger partial charge in [0.05, 0.1) is 18.7 Å². The summed E-state index contributed by atoms with van der Waals surface area (Å²) in [6.07, 6.45) is 1.54. The fourth-order valence-electron chi connectivity index (χ4n) is 2.91. The summed E-state index contributed by atoms with van der Waals surface area (Å²) in [4.78, 5) is 12.4. The van der Waals surface area contributed by atoms with E-state index in [0.29, 0.717) is 6.42 Å². The lowest BCUT2D eigenvalue weighted by molar-refractivity contribution is -0.126. The number of para-hydroxylation sites is 1. The molecule has 2 aromatic carbocycles. The molecule has 5 heteroatoms. The Hall–Kier alpha value is -2.04. The maximum absolute atomic E-state index is 12.4. The molecule has 2 aromatic rings. The number of nitrogens with one attached hydrogen (secondary N) is 1. The van der Waals surface area contributed by atoms with Gasteiger partial charge in [-0.3, -0.25) is 4.79 Å². The third kappa shape index (κ3) is 5.23. The Labute approximate surface area is 162 Å². The molecule has 0 aliphatic rings. The Balaban J connectivity index is 0.00000338. The zero-order valence-corrected chi connectivity index (χ0v) is 16.7. The molecule has 0 saturated heterocycles. The number of nitrogens with two attached hydrogens (primary N) is 1. The average molecular weight is 377 g/mol. The van der Waals surface area contributed by atoms with Crippen LogP contribution in [0.2, 0.25) is 0 Å². The molecule has 0 aliphatic carbocycles. The molecule has 142 valence electrons. The SMILES string of the molecule is CCCC(C)(N)C(=O)NC(C)c1ccc(-c2ccccc2OC)cc1.Cl. The van der Waals surface area contributed by atoms with Gasteiger partial charge in [0, 0.05) is 5.56 Å². The highest BCUT2D eigenvalue weighted by molar-refractivity contribution is 5.86. The maximum atomic E-state index is 12.4.